The Kier molecular flexibility index (Phi) is 7.59. The molecule has 2 aromatic carbocycles. The van der Waals surface area contributed by atoms with Crippen LogP contribution in [0, 0.1) is 19.8 Å². The van der Waals surface area contributed by atoms with Gasteiger partial charge in [0.25, 0.3) is 0 Å². The highest BCUT2D eigenvalue weighted by molar-refractivity contribution is 7.90. The number of anilines is 2. The molecule has 0 spiro atoms. The summed E-state index contributed by atoms with van der Waals surface area (Å²) in [6.07, 6.45) is 6.41. The van der Waals surface area contributed by atoms with Gasteiger partial charge in [0.1, 0.15) is 18.2 Å². The number of hydrogen-bond donors (Lipinski definition) is 2. The molecule has 0 bridgehead atoms. The quantitative estimate of drug-likeness (QED) is 0.610. The molecule has 0 atom stereocenters. The van der Waals surface area contributed by atoms with Gasteiger partial charge < -0.3 is 15.4 Å². The summed E-state index contributed by atoms with van der Waals surface area (Å²) in [7, 11) is -3.20. The second kappa shape index (κ2) is 10.2. The van der Waals surface area contributed by atoms with Crippen molar-refractivity contribution in [3.63, 3.8) is 0 Å². The third kappa shape index (κ3) is 6.99. The van der Waals surface area contributed by atoms with Gasteiger partial charge in [-0.1, -0.05) is 43.0 Å². The maximum absolute atomic E-state index is 12.6. The minimum absolute atomic E-state index is 0.0389. The number of ether oxygens (including phenoxy) is 1. The van der Waals surface area contributed by atoms with E-state index < -0.39 is 9.84 Å². The van der Waals surface area contributed by atoms with Crippen molar-refractivity contribution in [2.75, 3.05) is 22.8 Å². The van der Waals surface area contributed by atoms with E-state index in [1.807, 2.05) is 13.8 Å². The predicted molar refractivity (Wildman–Crippen MR) is 125 cm³/mol. The van der Waals surface area contributed by atoms with Gasteiger partial charge in [0.05, 0.1) is 5.69 Å². The molecule has 0 aromatic heterocycles. The van der Waals surface area contributed by atoms with Gasteiger partial charge >= 0.3 is 0 Å². The van der Waals surface area contributed by atoms with Crippen molar-refractivity contribution in [1.29, 1.82) is 0 Å². The van der Waals surface area contributed by atoms with Crippen molar-refractivity contribution < 1.29 is 17.9 Å². The number of carbonyl (C=O) groups is 1. The van der Waals surface area contributed by atoms with Crippen molar-refractivity contribution in [2.24, 2.45) is 5.92 Å². The van der Waals surface area contributed by atoms with E-state index in [1.165, 1.54) is 12.7 Å². The third-order valence-corrected chi connectivity index (χ3v) is 6.31. The van der Waals surface area contributed by atoms with Crippen molar-refractivity contribution in [3.05, 3.63) is 53.1 Å². The molecular formula is C24H32N2O4S. The first-order valence-corrected chi connectivity index (χ1v) is 12.8. The molecule has 7 heteroatoms. The van der Waals surface area contributed by atoms with Crippen LogP contribution in [0.2, 0.25) is 0 Å². The van der Waals surface area contributed by atoms with Gasteiger partial charge in [-0.05, 0) is 49.9 Å². The van der Waals surface area contributed by atoms with Crippen LogP contribution in [0.1, 0.15) is 48.8 Å². The normalized spacial score (nSPS) is 14.8. The molecule has 1 amide bonds. The number of nitrogens with one attached hydrogen (secondary N) is 2. The Balaban J connectivity index is 1.78. The predicted octanol–water partition coefficient (Wildman–Crippen LogP) is 4.82. The highest BCUT2D eigenvalue weighted by Crippen LogP contribution is 2.31. The SMILES string of the molecule is Cc1ccc(C)c(COc2cc(NC(=O)C3CCCCC3)ccc2NCS(C)(=O)=O)c1. The molecule has 1 aliphatic rings. The van der Waals surface area contributed by atoms with Crippen LogP contribution in [0.25, 0.3) is 0 Å². The number of hydrogen-bond acceptors (Lipinski definition) is 5. The maximum atomic E-state index is 12.6. The molecule has 0 radical (unpaired) electrons. The molecule has 2 aromatic rings. The lowest BCUT2D eigenvalue weighted by Crippen LogP contribution is -2.24. The number of carbonyl (C=O) groups excluding carboxylic acids is 1. The lowest BCUT2D eigenvalue weighted by Gasteiger charge is -2.21. The Morgan fingerprint density at radius 3 is 2.52 bits per heavy atom. The number of sulfone groups is 1. The molecule has 0 saturated heterocycles. The number of benzene rings is 2. The van der Waals surface area contributed by atoms with Gasteiger partial charge in [-0.2, -0.15) is 0 Å². The molecule has 3 rings (SSSR count). The van der Waals surface area contributed by atoms with Crippen molar-refractivity contribution in [3.8, 4) is 5.75 Å². The summed E-state index contributed by atoms with van der Waals surface area (Å²) in [4.78, 5) is 12.6. The molecule has 0 unspecified atom stereocenters. The van der Waals surface area contributed by atoms with Crippen LogP contribution in [-0.4, -0.2) is 26.5 Å². The van der Waals surface area contributed by atoms with E-state index in [9.17, 15) is 13.2 Å². The number of amides is 1. The van der Waals surface area contributed by atoms with Gasteiger partial charge in [-0.3, -0.25) is 4.79 Å². The molecule has 6 nitrogen and oxygen atoms in total. The van der Waals surface area contributed by atoms with E-state index in [1.54, 1.807) is 18.2 Å². The van der Waals surface area contributed by atoms with Gasteiger partial charge in [-0.25, -0.2) is 8.42 Å². The zero-order valence-electron chi connectivity index (χ0n) is 18.5. The number of rotatable bonds is 8. The Morgan fingerprint density at radius 2 is 1.81 bits per heavy atom. The monoisotopic (exact) mass is 444 g/mol. The molecule has 2 N–H and O–H groups in total. The third-order valence-electron chi connectivity index (χ3n) is 5.64. The lowest BCUT2D eigenvalue weighted by molar-refractivity contribution is -0.120. The molecule has 0 heterocycles. The van der Waals surface area contributed by atoms with Crippen LogP contribution >= 0.6 is 0 Å². The van der Waals surface area contributed by atoms with Gasteiger partial charge in [0.2, 0.25) is 5.91 Å². The minimum atomic E-state index is -3.20. The molecule has 168 valence electrons. The van der Waals surface area contributed by atoms with Crippen molar-refractivity contribution in [2.45, 2.75) is 52.6 Å². The fourth-order valence-corrected chi connectivity index (χ4v) is 4.21. The largest absolute Gasteiger partial charge is 0.487 e. The summed E-state index contributed by atoms with van der Waals surface area (Å²) in [5, 5.41) is 5.94. The van der Waals surface area contributed by atoms with Crippen LogP contribution < -0.4 is 15.4 Å². The fraction of sp³-hybridized carbons (Fsp3) is 0.458. The number of aryl methyl sites for hydroxylation is 2. The summed E-state index contributed by atoms with van der Waals surface area (Å²) < 4.78 is 29.3. The average molecular weight is 445 g/mol. The average Bonchev–Trinajstić information content (AvgIpc) is 2.73. The second-order valence-corrected chi connectivity index (χ2v) is 10.6. The molecule has 0 aliphatic heterocycles. The summed E-state index contributed by atoms with van der Waals surface area (Å²) >= 11 is 0. The van der Waals surface area contributed by atoms with Crippen molar-refractivity contribution in [1.82, 2.24) is 0 Å². The van der Waals surface area contributed by atoms with Crippen LogP contribution in [-0.2, 0) is 21.2 Å². The molecule has 1 saturated carbocycles. The van der Waals surface area contributed by atoms with Gasteiger partial charge in [0, 0.05) is 23.9 Å². The summed E-state index contributed by atoms with van der Waals surface area (Å²) in [5.74, 6) is 0.403. The van der Waals surface area contributed by atoms with E-state index in [2.05, 4.69) is 28.8 Å². The van der Waals surface area contributed by atoms with Crippen molar-refractivity contribution >= 4 is 27.1 Å². The van der Waals surface area contributed by atoms with E-state index in [-0.39, 0.29) is 17.7 Å². The van der Waals surface area contributed by atoms with E-state index >= 15 is 0 Å². The summed E-state index contributed by atoms with van der Waals surface area (Å²) in [6, 6.07) is 11.5. The highest BCUT2D eigenvalue weighted by atomic mass is 32.2. The first kappa shape index (κ1) is 23.1. The Hall–Kier alpha value is -2.54. The first-order chi connectivity index (χ1) is 14.7. The van der Waals surface area contributed by atoms with Gasteiger partial charge in [-0.15, -0.1) is 0 Å². The summed E-state index contributed by atoms with van der Waals surface area (Å²) in [5.41, 5.74) is 4.56. The Bertz CT molecular complexity index is 1030. The van der Waals surface area contributed by atoms with E-state index in [0.29, 0.717) is 23.7 Å². The van der Waals surface area contributed by atoms with Crippen LogP contribution in [0.4, 0.5) is 11.4 Å². The molecule has 1 fully saturated rings. The molecule has 31 heavy (non-hydrogen) atoms. The zero-order chi connectivity index (χ0) is 22.4. The minimum Gasteiger partial charge on any atom is -0.487 e. The van der Waals surface area contributed by atoms with E-state index in [4.69, 9.17) is 4.74 Å². The highest BCUT2D eigenvalue weighted by Gasteiger charge is 2.21. The van der Waals surface area contributed by atoms with Gasteiger partial charge in [0.15, 0.2) is 9.84 Å². The fourth-order valence-electron chi connectivity index (χ4n) is 3.79. The lowest BCUT2D eigenvalue weighted by atomic mass is 9.88. The topological polar surface area (TPSA) is 84.5 Å². The maximum Gasteiger partial charge on any atom is 0.227 e. The Morgan fingerprint density at radius 1 is 1.06 bits per heavy atom. The van der Waals surface area contributed by atoms with Crippen LogP contribution in [0.15, 0.2) is 36.4 Å². The second-order valence-electron chi connectivity index (χ2n) is 8.50. The Labute approximate surface area is 185 Å². The van der Waals surface area contributed by atoms with Crippen LogP contribution in [0.3, 0.4) is 0 Å². The van der Waals surface area contributed by atoms with E-state index in [0.717, 1.165) is 42.4 Å². The summed E-state index contributed by atoms with van der Waals surface area (Å²) in [6.45, 7) is 4.41. The standard InChI is InChI=1S/C24H32N2O4S/c1-17-9-10-18(2)20(13-17)15-30-23-14-21(11-12-22(23)25-16-31(3,28)29)26-24(27)19-7-5-4-6-8-19/h9-14,19,25H,4-8,15-16H2,1-3H3,(H,26,27). The smallest absolute Gasteiger partial charge is 0.227 e. The van der Waals surface area contributed by atoms with Crippen LogP contribution in [0.5, 0.6) is 5.75 Å². The first-order valence-electron chi connectivity index (χ1n) is 10.8. The molecule has 1 aliphatic carbocycles. The molecular weight excluding hydrogens is 412 g/mol. The zero-order valence-corrected chi connectivity index (χ0v) is 19.3.